The van der Waals surface area contributed by atoms with Crippen molar-refractivity contribution in [2.45, 2.75) is 39.0 Å². The molecule has 5 nitrogen and oxygen atoms in total. The molecule has 0 N–H and O–H groups in total. The molecule has 0 bridgehead atoms. The number of hydrogen-bond donors (Lipinski definition) is 0. The number of rotatable bonds is 8. The Bertz CT molecular complexity index is 1110. The zero-order valence-electron chi connectivity index (χ0n) is 19.4. The lowest BCUT2D eigenvalue weighted by atomic mass is 9.93. The van der Waals surface area contributed by atoms with Gasteiger partial charge in [-0.2, -0.15) is 0 Å². The van der Waals surface area contributed by atoms with Crippen molar-refractivity contribution in [3.8, 4) is 0 Å². The second-order valence-corrected chi connectivity index (χ2v) is 10.1. The van der Waals surface area contributed by atoms with E-state index in [-0.39, 0.29) is 37.0 Å². The number of fused-ring (bicyclic) bond motifs is 1. The number of thiophene rings is 1. The van der Waals surface area contributed by atoms with E-state index in [9.17, 15) is 9.59 Å². The Morgan fingerprint density at radius 1 is 1.12 bits per heavy atom. The van der Waals surface area contributed by atoms with E-state index in [4.69, 9.17) is 16.3 Å². The molecule has 2 heterocycles. The van der Waals surface area contributed by atoms with E-state index in [0.29, 0.717) is 18.2 Å². The smallest absolute Gasteiger partial charge is 0.249 e. The second-order valence-electron chi connectivity index (χ2n) is 8.68. The summed E-state index contributed by atoms with van der Waals surface area (Å²) in [6.45, 7) is 4.78. The summed E-state index contributed by atoms with van der Waals surface area (Å²) < 4.78 is 5.65. The second kappa shape index (κ2) is 11.2. The summed E-state index contributed by atoms with van der Waals surface area (Å²) in [6.07, 6.45) is 0.818. The number of amides is 2. The molecule has 4 rings (SSSR count). The van der Waals surface area contributed by atoms with Crippen molar-refractivity contribution in [3.05, 3.63) is 92.6 Å². The van der Waals surface area contributed by atoms with Crippen LogP contribution in [0.3, 0.4) is 0 Å². The number of halogens is 1. The topological polar surface area (TPSA) is 49.9 Å². The third kappa shape index (κ3) is 5.69. The predicted octanol–water partition coefficient (Wildman–Crippen LogP) is 5.33. The van der Waals surface area contributed by atoms with E-state index in [2.05, 4.69) is 11.4 Å². The van der Waals surface area contributed by atoms with Gasteiger partial charge in [0.05, 0.1) is 12.6 Å². The maximum absolute atomic E-state index is 13.6. The molecule has 0 fully saturated rings. The van der Waals surface area contributed by atoms with E-state index in [1.165, 1.54) is 4.88 Å². The Morgan fingerprint density at radius 3 is 2.56 bits per heavy atom. The molecule has 1 aliphatic rings. The van der Waals surface area contributed by atoms with Crippen molar-refractivity contribution in [1.29, 1.82) is 0 Å². The van der Waals surface area contributed by atoms with Crippen molar-refractivity contribution in [2.24, 2.45) is 0 Å². The van der Waals surface area contributed by atoms with Gasteiger partial charge < -0.3 is 14.5 Å². The van der Waals surface area contributed by atoms with E-state index in [1.807, 2.05) is 73.3 Å². The van der Waals surface area contributed by atoms with Crippen LogP contribution in [0, 0.1) is 0 Å². The third-order valence-electron chi connectivity index (χ3n) is 6.06. The van der Waals surface area contributed by atoms with Gasteiger partial charge in [0.25, 0.3) is 0 Å². The average molecular weight is 497 g/mol. The Balaban J connectivity index is 1.47. The molecule has 1 aliphatic heterocycles. The number of hydrogen-bond acceptors (Lipinski definition) is 4. The summed E-state index contributed by atoms with van der Waals surface area (Å²) in [7, 11) is 0. The van der Waals surface area contributed by atoms with E-state index >= 15 is 0 Å². The third-order valence-corrected chi connectivity index (χ3v) is 7.31. The van der Waals surface area contributed by atoms with Gasteiger partial charge in [-0.3, -0.25) is 9.59 Å². The number of carbonyl (C=O) groups is 2. The van der Waals surface area contributed by atoms with Crippen LogP contribution in [0.15, 0.2) is 66.0 Å². The van der Waals surface area contributed by atoms with Gasteiger partial charge >= 0.3 is 0 Å². The van der Waals surface area contributed by atoms with Crippen molar-refractivity contribution in [3.63, 3.8) is 0 Å². The molecule has 7 heteroatoms. The molecule has 1 aromatic heterocycles. The van der Waals surface area contributed by atoms with Gasteiger partial charge in [0, 0.05) is 22.5 Å². The fourth-order valence-electron chi connectivity index (χ4n) is 4.30. The van der Waals surface area contributed by atoms with Crippen molar-refractivity contribution < 1.29 is 14.3 Å². The van der Waals surface area contributed by atoms with E-state index < -0.39 is 0 Å². The number of benzene rings is 2. The van der Waals surface area contributed by atoms with Crippen LogP contribution < -0.4 is 0 Å². The molecule has 1 unspecified atom stereocenters. The van der Waals surface area contributed by atoms with Crippen LogP contribution in [0.5, 0.6) is 0 Å². The quantitative estimate of drug-likeness (QED) is 0.423. The molecule has 178 valence electrons. The number of ether oxygens (including phenoxy) is 1. The Morgan fingerprint density at radius 2 is 1.85 bits per heavy atom. The molecular formula is C27H29ClN2O3S. The number of nitrogens with zero attached hydrogens (tertiary/aromatic N) is 2. The molecule has 0 aliphatic carbocycles. The Labute approximate surface area is 209 Å². The predicted molar refractivity (Wildman–Crippen MR) is 136 cm³/mol. The van der Waals surface area contributed by atoms with Gasteiger partial charge in [0.1, 0.15) is 13.2 Å². The molecule has 34 heavy (non-hydrogen) atoms. The van der Waals surface area contributed by atoms with Gasteiger partial charge in [-0.15, -0.1) is 11.3 Å². The van der Waals surface area contributed by atoms with E-state index in [1.54, 1.807) is 16.2 Å². The molecule has 2 amide bonds. The van der Waals surface area contributed by atoms with Crippen molar-refractivity contribution in [2.75, 3.05) is 19.7 Å². The number of carbonyl (C=O) groups excluding carboxylic acids is 2. The zero-order chi connectivity index (χ0) is 24.1. The van der Waals surface area contributed by atoms with Crippen LogP contribution in [-0.2, 0) is 27.4 Å². The highest BCUT2D eigenvalue weighted by Gasteiger charge is 2.34. The highest BCUT2D eigenvalue weighted by Crippen LogP contribution is 2.38. The summed E-state index contributed by atoms with van der Waals surface area (Å²) in [5, 5.41) is 2.74. The Kier molecular flexibility index (Phi) is 8.03. The molecular weight excluding hydrogens is 468 g/mol. The molecule has 0 saturated heterocycles. The standard InChI is InChI=1S/C27H29ClN2O3S/c1-19(2)30(26(32)18-33-17-20-6-4-3-5-7-20)16-25(31)29-14-12-24-23(13-15-34-24)27(29)21-8-10-22(28)11-9-21/h3-11,13,15,19,27H,12,14,16-18H2,1-2H3. The SMILES string of the molecule is CC(C)N(CC(=O)N1CCc2sccc2C1c1ccc(Cl)cc1)C(=O)COCc1ccccc1. The fourth-order valence-corrected chi connectivity index (χ4v) is 5.33. The summed E-state index contributed by atoms with van der Waals surface area (Å²) in [4.78, 5) is 31.3. The van der Waals surface area contributed by atoms with Crippen LogP contribution in [0.25, 0.3) is 0 Å². The molecule has 3 aromatic rings. The maximum atomic E-state index is 13.6. The fraction of sp³-hybridized carbons (Fsp3) is 0.333. The largest absolute Gasteiger partial charge is 0.367 e. The minimum Gasteiger partial charge on any atom is -0.367 e. The van der Waals surface area contributed by atoms with Gasteiger partial charge in [-0.25, -0.2) is 0 Å². The van der Waals surface area contributed by atoms with Crippen LogP contribution in [-0.4, -0.2) is 47.4 Å². The average Bonchev–Trinajstić information content (AvgIpc) is 3.32. The lowest BCUT2D eigenvalue weighted by Gasteiger charge is -2.38. The molecule has 0 saturated carbocycles. The van der Waals surface area contributed by atoms with Crippen LogP contribution in [0.4, 0.5) is 0 Å². The van der Waals surface area contributed by atoms with Gasteiger partial charge in [0.15, 0.2) is 0 Å². The zero-order valence-corrected chi connectivity index (χ0v) is 21.0. The Hall–Kier alpha value is -2.67. The minimum absolute atomic E-state index is 0.0226. The monoisotopic (exact) mass is 496 g/mol. The summed E-state index contributed by atoms with van der Waals surface area (Å²) >= 11 is 7.84. The molecule has 0 radical (unpaired) electrons. The summed E-state index contributed by atoms with van der Waals surface area (Å²) in [5.41, 5.74) is 3.18. The summed E-state index contributed by atoms with van der Waals surface area (Å²) in [5.74, 6) is -0.252. The highest BCUT2D eigenvalue weighted by atomic mass is 35.5. The van der Waals surface area contributed by atoms with Gasteiger partial charge in [0.2, 0.25) is 11.8 Å². The first-order valence-electron chi connectivity index (χ1n) is 11.5. The first-order chi connectivity index (χ1) is 16.4. The first kappa shape index (κ1) is 24.5. The lowest BCUT2D eigenvalue weighted by Crippen LogP contribution is -2.49. The van der Waals surface area contributed by atoms with Crippen LogP contribution in [0.1, 0.15) is 41.5 Å². The van der Waals surface area contributed by atoms with Crippen LogP contribution >= 0.6 is 22.9 Å². The highest BCUT2D eigenvalue weighted by molar-refractivity contribution is 7.10. The van der Waals surface area contributed by atoms with Crippen molar-refractivity contribution >= 4 is 34.8 Å². The van der Waals surface area contributed by atoms with E-state index in [0.717, 1.165) is 23.1 Å². The molecule has 2 aromatic carbocycles. The van der Waals surface area contributed by atoms with Crippen molar-refractivity contribution in [1.82, 2.24) is 9.80 Å². The van der Waals surface area contributed by atoms with Gasteiger partial charge in [-0.1, -0.05) is 54.1 Å². The summed E-state index contributed by atoms with van der Waals surface area (Å²) in [6, 6.07) is 19.2. The maximum Gasteiger partial charge on any atom is 0.249 e. The first-order valence-corrected chi connectivity index (χ1v) is 12.7. The molecule has 0 spiro atoms. The minimum atomic E-state index is -0.185. The lowest BCUT2D eigenvalue weighted by molar-refractivity contribution is -0.146. The normalized spacial score (nSPS) is 15.3. The molecule has 1 atom stereocenters. The van der Waals surface area contributed by atoms with Gasteiger partial charge in [-0.05, 0) is 60.5 Å². The van der Waals surface area contributed by atoms with Crippen LogP contribution in [0.2, 0.25) is 5.02 Å².